The molecular formula is C19H21NO3S. The standard InChI is InChI=1S/C19H21NO3S/c1-10-5-4-6-13(12(10)3)16(19(22)23)20-18(21)15-9-14(15)17-11(2)7-8-24-17/h4-8,14-16H,9H2,1-3H3,(H,20,21)(H,22,23). The van der Waals surface area contributed by atoms with E-state index in [1.165, 1.54) is 10.4 Å². The molecule has 1 aromatic heterocycles. The van der Waals surface area contributed by atoms with Crippen LogP contribution in [0.1, 0.15) is 45.5 Å². The molecule has 1 aliphatic rings. The number of carboxylic acid groups (broad SMARTS) is 1. The molecule has 0 spiro atoms. The molecule has 1 amide bonds. The molecule has 3 rings (SSSR count). The van der Waals surface area contributed by atoms with E-state index in [1.807, 2.05) is 31.4 Å². The highest BCUT2D eigenvalue weighted by Gasteiger charge is 2.46. The fourth-order valence-corrected chi connectivity index (χ4v) is 4.26. The van der Waals surface area contributed by atoms with E-state index in [1.54, 1.807) is 17.4 Å². The minimum Gasteiger partial charge on any atom is -0.479 e. The van der Waals surface area contributed by atoms with E-state index < -0.39 is 12.0 Å². The molecular weight excluding hydrogens is 322 g/mol. The van der Waals surface area contributed by atoms with Crippen LogP contribution in [-0.2, 0) is 9.59 Å². The van der Waals surface area contributed by atoms with E-state index >= 15 is 0 Å². The van der Waals surface area contributed by atoms with Gasteiger partial charge in [-0.05, 0) is 60.9 Å². The summed E-state index contributed by atoms with van der Waals surface area (Å²) in [7, 11) is 0. The van der Waals surface area contributed by atoms with Crippen molar-refractivity contribution >= 4 is 23.2 Å². The zero-order valence-corrected chi connectivity index (χ0v) is 14.8. The first-order valence-electron chi connectivity index (χ1n) is 8.03. The van der Waals surface area contributed by atoms with Crippen molar-refractivity contribution in [1.82, 2.24) is 5.32 Å². The molecule has 4 nitrogen and oxygen atoms in total. The van der Waals surface area contributed by atoms with Crippen molar-refractivity contribution in [2.75, 3.05) is 0 Å². The Morgan fingerprint density at radius 2 is 1.96 bits per heavy atom. The Hall–Kier alpha value is -2.14. The summed E-state index contributed by atoms with van der Waals surface area (Å²) in [5.41, 5.74) is 3.79. The molecule has 1 aromatic carbocycles. The van der Waals surface area contributed by atoms with E-state index in [0.29, 0.717) is 5.56 Å². The monoisotopic (exact) mass is 343 g/mol. The zero-order chi connectivity index (χ0) is 17.4. The van der Waals surface area contributed by atoms with E-state index in [2.05, 4.69) is 18.3 Å². The Bertz CT molecular complexity index is 796. The Labute approximate surface area is 145 Å². The predicted octanol–water partition coefficient (Wildman–Crippen LogP) is 3.72. The van der Waals surface area contributed by atoms with Gasteiger partial charge in [0, 0.05) is 16.7 Å². The number of benzene rings is 1. The molecule has 3 atom stereocenters. The van der Waals surface area contributed by atoms with Crippen molar-refractivity contribution < 1.29 is 14.7 Å². The van der Waals surface area contributed by atoms with E-state index in [-0.39, 0.29) is 17.7 Å². The van der Waals surface area contributed by atoms with E-state index in [0.717, 1.165) is 17.5 Å². The maximum atomic E-state index is 12.5. The number of aliphatic carboxylic acids is 1. The van der Waals surface area contributed by atoms with Crippen LogP contribution in [0.2, 0.25) is 0 Å². The number of amides is 1. The van der Waals surface area contributed by atoms with Gasteiger partial charge in [-0.25, -0.2) is 4.79 Å². The lowest BCUT2D eigenvalue weighted by Crippen LogP contribution is -2.35. The van der Waals surface area contributed by atoms with Gasteiger partial charge in [0.25, 0.3) is 0 Å². The zero-order valence-electron chi connectivity index (χ0n) is 14.0. The number of aryl methyl sites for hydroxylation is 2. The lowest BCUT2D eigenvalue weighted by atomic mass is 9.97. The third-order valence-corrected chi connectivity index (χ3v) is 6.01. The first-order chi connectivity index (χ1) is 11.4. The highest BCUT2D eigenvalue weighted by molar-refractivity contribution is 7.10. The van der Waals surface area contributed by atoms with Crippen molar-refractivity contribution in [2.45, 2.75) is 39.2 Å². The molecule has 0 aliphatic heterocycles. The van der Waals surface area contributed by atoms with Crippen LogP contribution in [0.15, 0.2) is 29.6 Å². The normalized spacial score (nSPS) is 20.5. The molecule has 1 fully saturated rings. The second kappa shape index (κ2) is 6.40. The maximum Gasteiger partial charge on any atom is 0.330 e. The minimum absolute atomic E-state index is 0.116. The van der Waals surface area contributed by atoms with Crippen molar-refractivity contribution in [3.63, 3.8) is 0 Å². The molecule has 1 saturated carbocycles. The number of thiophene rings is 1. The van der Waals surface area contributed by atoms with Gasteiger partial charge in [0.1, 0.15) is 0 Å². The summed E-state index contributed by atoms with van der Waals surface area (Å²) in [5.74, 6) is -1.07. The van der Waals surface area contributed by atoms with Crippen LogP contribution >= 0.6 is 11.3 Å². The molecule has 0 saturated heterocycles. The Kier molecular flexibility index (Phi) is 4.45. The number of carbonyl (C=O) groups is 2. The second-order valence-electron chi connectivity index (χ2n) is 6.49. The molecule has 2 N–H and O–H groups in total. The van der Waals surface area contributed by atoms with Crippen molar-refractivity contribution in [3.8, 4) is 0 Å². The van der Waals surface area contributed by atoms with Crippen molar-refractivity contribution in [2.24, 2.45) is 5.92 Å². The lowest BCUT2D eigenvalue weighted by molar-refractivity contribution is -0.142. The van der Waals surface area contributed by atoms with Crippen LogP contribution in [0.25, 0.3) is 0 Å². The van der Waals surface area contributed by atoms with Crippen LogP contribution in [0.5, 0.6) is 0 Å². The largest absolute Gasteiger partial charge is 0.479 e. The van der Waals surface area contributed by atoms with Gasteiger partial charge in [0.15, 0.2) is 6.04 Å². The van der Waals surface area contributed by atoms with Gasteiger partial charge in [0.2, 0.25) is 5.91 Å². The fraction of sp³-hybridized carbons (Fsp3) is 0.368. The number of hydrogen-bond acceptors (Lipinski definition) is 3. The van der Waals surface area contributed by atoms with Crippen LogP contribution < -0.4 is 5.32 Å². The van der Waals surface area contributed by atoms with Crippen molar-refractivity contribution in [3.05, 3.63) is 56.8 Å². The topological polar surface area (TPSA) is 66.4 Å². The molecule has 24 heavy (non-hydrogen) atoms. The highest BCUT2D eigenvalue weighted by Crippen LogP contribution is 2.50. The Morgan fingerprint density at radius 3 is 2.58 bits per heavy atom. The van der Waals surface area contributed by atoms with Gasteiger partial charge in [0.05, 0.1) is 0 Å². The number of carbonyl (C=O) groups excluding carboxylic acids is 1. The summed E-state index contributed by atoms with van der Waals surface area (Å²) >= 11 is 1.67. The van der Waals surface area contributed by atoms with E-state index in [4.69, 9.17) is 0 Å². The number of hydrogen-bond donors (Lipinski definition) is 2. The third kappa shape index (κ3) is 3.08. The van der Waals surface area contributed by atoms with Gasteiger partial charge in [-0.15, -0.1) is 11.3 Å². The molecule has 5 heteroatoms. The van der Waals surface area contributed by atoms with Crippen LogP contribution in [0, 0.1) is 26.7 Å². The average molecular weight is 343 g/mol. The summed E-state index contributed by atoms with van der Waals surface area (Å²) in [4.78, 5) is 25.5. The minimum atomic E-state index is -1.03. The summed E-state index contributed by atoms with van der Waals surface area (Å²) in [6, 6.07) is 6.60. The van der Waals surface area contributed by atoms with Crippen LogP contribution in [0.3, 0.4) is 0 Å². The van der Waals surface area contributed by atoms with E-state index in [9.17, 15) is 14.7 Å². The first-order valence-corrected chi connectivity index (χ1v) is 8.91. The Balaban J connectivity index is 1.75. The number of nitrogens with one attached hydrogen (secondary N) is 1. The van der Waals surface area contributed by atoms with Gasteiger partial charge in [-0.1, -0.05) is 18.2 Å². The highest BCUT2D eigenvalue weighted by atomic mass is 32.1. The quantitative estimate of drug-likeness (QED) is 0.869. The van der Waals surface area contributed by atoms with Gasteiger partial charge >= 0.3 is 5.97 Å². The molecule has 0 bridgehead atoms. The maximum absolute atomic E-state index is 12.5. The third-order valence-electron chi connectivity index (χ3n) is 4.86. The lowest BCUT2D eigenvalue weighted by Gasteiger charge is -2.18. The van der Waals surface area contributed by atoms with Crippen molar-refractivity contribution in [1.29, 1.82) is 0 Å². The van der Waals surface area contributed by atoms with Gasteiger partial charge in [-0.3, -0.25) is 4.79 Å². The fourth-order valence-electron chi connectivity index (χ4n) is 3.15. The molecule has 1 heterocycles. The molecule has 3 unspecified atom stereocenters. The number of rotatable bonds is 5. The van der Waals surface area contributed by atoms with Gasteiger partial charge in [-0.2, -0.15) is 0 Å². The smallest absolute Gasteiger partial charge is 0.330 e. The molecule has 2 aromatic rings. The van der Waals surface area contributed by atoms with Gasteiger partial charge < -0.3 is 10.4 Å². The Morgan fingerprint density at radius 1 is 1.21 bits per heavy atom. The van der Waals surface area contributed by atoms with Crippen LogP contribution in [-0.4, -0.2) is 17.0 Å². The SMILES string of the molecule is Cc1ccsc1C1CC1C(=O)NC(C(=O)O)c1cccc(C)c1C. The molecule has 126 valence electrons. The second-order valence-corrected chi connectivity index (χ2v) is 7.43. The summed E-state index contributed by atoms with van der Waals surface area (Å²) in [6.07, 6.45) is 0.798. The molecule has 1 aliphatic carbocycles. The van der Waals surface area contributed by atoms with Crippen LogP contribution in [0.4, 0.5) is 0 Å². The number of carboxylic acids is 1. The predicted molar refractivity (Wildman–Crippen MR) is 94.3 cm³/mol. The summed E-state index contributed by atoms with van der Waals surface area (Å²) in [5, 5.41) is 14.4. The first kappa shape index (κ1) is 16.7. The molecule has 0 radical (unpaired) electrons. The average Bonchev–Trinajstić information content (AvgIpc) is 3.22. The summed E-state index contributed by atoms with van der Waals surface area (Å²) < 4.78 is 0. The summed E-state index contributed by atoms with van der Waals surface area (Å²) in [6.45, 7) is 5.88.